The van der Waals surface area contributed by atoms with Crippen LogP contribution in [-0.2, 0) is 4.79 Å². The molecule has 0 saturated heterocycles. The SMILES string of the molecule is N[C@H](C(=O)O)c1cc(O)c(O)c(O)c1. The van der Waals surface area contributed by atoms with E-state index < -0.39 is 29.3 Å². The maximum absolute atomic E-state index is 10.5. The second-order valence-electron chi connectivity index (χ2n) is 2.72. The van der Waals surface area contributed by atoms with Crippen molar-refractivity contribution in [2.45, 2.75) is 6.04 Å². The first kappa shape index (κ1) is 10.1. The van der Waals surface area contributed by atoms with Gasteiger partial charge >= 0.3 is 5.97 Å². The van der Waals surface area contributed by atoms with Gasteiger partial charge in [-0.1, -0.05) is 0 Å². The van der Waals surface area contributed by atoms with Crippen LogP contribution in [0, 0.1) is 0 Å². The largest absolute Gasteiger partial charge is 0.504 e. The van der Waals surface area contributed by atoms with E-state index in [2.05, 4.69) is 0 Å². The summed E-state index contributed by atoms with van der Waals surface area (Å²) in [6.45, 7) is 0. The van der Waals surface area contributed by atoms with Gasteiger partial charge in [0.15, 0.2) is 17.2 Å². The summed E-state index contributed by atoms with van der Waals surface area (Å²) >= 11 is 0. The Balaban J connectivity index is 3.19. The van der Waals surface area contributed by atoms with Gasteiger partial charge in [0.25, 0.3) is 0 Å². The van der Waals surface area contributed by atoms with Crippen LogP contribution in [0.1, 0.15) is 11.6 Å². The zero-order chi connectivity index (χ0) is 10.9. The molecule has 0 aliphatic rings. The van der Waals surface area contributed by atoms with E-state index in [1.807, 2.05) is 0 Å². The van der Waals surface area contributed by atoms with E-state index in [0.717, 1.165) is 12.1 Å². The Kier molecular flexibility index (Phi) is 2.48. The minimum Gasteiger partial charge on any atom is -0.504 e. The third kappa shape index (κ3) is 1.69. The quantitative estimate of drug-likeness (QED) is 0.423. The Labute approximate surface area is 78.8 Å². The number of benzene rings is 1. The molecule has 6 N–H and O–H groups in total. The van der Waals surface area contributed by atoms with Crippen molar-refractivity contribution in [1.29, 1.82) is 0 Å². The Bertz CT molecular complexity index is 353. The fraction of sp³-hybridized carbons (Fsp3) is 0.125. The summed E-state index contributed by atoms with van der Waals surface area (Å²) in [5, 5.41) is 35.6. The fourth-order valence-corrected chi connectivity index (χ4v) is 0.947. The third-order valence-corrected chi connectivity index (χ3v) is 1.72. The second kappa shape index (κ2) is 3.43. The highest BCUT2D eigenvalue weighted by Gasteiger charge is 2.18. The van der Waals surface area contributed by atoms with Crippen molar-refractivity contribution in [2.75, 3.05) is 0 Å². The molecule has 0 heterocycles. The lowest BCUT2D eigenvalue weighted by Crippen LogP contribution is -2.20. The van der Waals surface area contributed by atoms with Crippen LogP contribution in [0.15, 0.2) is 12.1 Å². The molecule has 0 aliphatic carbocycles. The van der Waals surface area contributed by atoms with Crippen LogP contribution in [0.3, 0.4) is 0 Å². The highest BCUT2D eigenvalue weighted by Crippen LogP contribution is 2.36. The van der Waals surface area contributed by atoms with Crippen molar-refractivity contribution < 1.29 is 25.2 Å². The van der Waals surface area contributed by atoms with Gasteiger partial charge in [0.1, 0.15) is 6.04 Å². The van der Waals surface area contributed by atoms with Gasteiger partial charge in [-0.05, 0) is 17.7 Å². The van der Waals surface area contributed by atoms with Crippen LogP contribution in [0.2, 0.25) is 0 Å². The molecule has 0 aromatic heterocycles. The lowest BCUT2D eigenvalue weighted by atomic mass is 10.1. The highest BCUT2D eigenvalue weighted by atomic mass is 16.4. The predicted octanol–water partition coefficient (Wildman–Crippen LogP) is -0.112. The summed E-state index contributed by atoms with van der Waals surface area (Å²) in [5.74, 6) is -3.23. The minimum absolute atomic E-state index is 0.00491. The molecule has 0 saturated carbocycles. The second-order valence-corrected chi connectivity index (χ2v) is 2.72. The van der Waals surface area contributed by atoms with E-state index in [0.29, 0.717) is 0 Å². The number of carboxylic acid groups (broad SMARTS) is 1. The molecular weight excluding hydrogens is 190 g/mol. The Morgan fingerprint density at radius 2 is 1.64 bits per heavy atom. The maximum atomic E-state index is 10.5. The van der Waals surface area contributed by atoms with Crippen molar-refractivity contribution in [3.05, 3.63) is 17.7 Å². The number of rotatable bonds is 2. The standard InChI is InChI=1S/C8H9NO5/c9-6(8(13)14)3-1-4(10)7(12)5(11)2-3/h1-2,6,10-12H,9H2,(H,13,14)/t6-/m0/s1. The summed E-state index contributed by atoms with van der Waals surface area (Å²) in [6.07, 6.45) is 0. The lowest BCUT2D eigenvalue weighted by Gasteiger charge is -2.08. The van der Waals surface area contributed by atoms with E-state index in [4.69, 9.17) is 26.2 Å². The van der Waals surface area contributed by atoms with E-state index in [9.17, 15) is 4.79 Å². The summed E-state index contributed by atoms with van der Waals surface area (Å²) in [5.41, 5.74) is 5.23. The number of phenolic OH excluding ortho intramolecular Hbond substituents is 3. The molecule has 0 bridgehead atoms. The Hall–Kier alpha value is -1.95. The molecule has 76 valence electrons. The van der Waals surface area contributed by atoms with Crippen molar-refractivity contribution in [1.82, 2.24) is 0 Å². The van der Waals surface area contributed by atoms with Crippen LogP contribution >= 0.6 is 0 Å². The summed E-state index contributed by atoms with van der Waals surface area (Å²) < 4.78 is 0. The summed E-state index contributed by atoms with van der Waals surface area (Å²) in [7, 11) is 0. The molecule has 1 atom stereocenters. The van der Waals surface area contributed by atoms with E-state index in [-0.39, 0.29) is 5.56 Å². The van der Waals surface area contributed by atoms with Gasteiger partial charge in [0.2, 0.25) is 0 Å². The Morgan fingerprint density at radius 1 is 1.21 bits per heavy atom. The number of carbonyl (C=O) groups is 1. The van der Waals surface area contributed by atoms with Crippen LogP contribution < -0.4 is 5.73 Å². The average Bonchev–Trinajstić information content (AvgIpc) is 2.12. The number of nitrogens with two attached hydrogens (primary N) is 1. The number of carboxylic acids is 1. The number of aromatic hydroxyl groups is 3. The van der Waals surface area contributed by atoms with Crippen molar-refractivity contribution >= 4 is 5.97 Å². The minimum atomic E-state index is -1.35. The molecule has 0 spiro atoms. The Morgan fingerprint density at radius 3 is 2.00 bits per heavy atom. The van der Waals surface area contributed by atoms with Crippen LogP contribution in [0.4, 0.5) is 0 Å². The van der Waals surface area contributed by atoms with Gasteiger partial charge < -0.3 is 26.2 Å². The highest BCUT2D eigenvalue weighted by molar-refractivity contribution is 5.76. The summed E-state index contributed by atoms with van der Waals surface area (Å²) in [4.78, 5) is 10.5. The molecule has 1 rings (SSSR count). The number of hydrogen-bond donors (Lipinski definition) is 5. The molecule has 0 amide bonds. The van der Waals surface area contributed by atoms with Crippen LogP contribution in [0.5, 0.6) is 17.2 Å². The fourth-order valence-electron chi connectivity index (χ4n) is 0.947. The van der Waals surface area contributed by atoms with Gasteiger partial charge in [-0.3, -0.25) is 4.79 Å². The van der Waals surface area contributed by atoms with Crippen molar-refractivity contribution in [3.63, 3.8) is 0 Å². The first-order chi connectivity index (χ1) is 6.43. The van der Waals surface area contributed by atoms with Gasteiger partial charge in [0, 0.05) is 0 Å². The topological polar surface area (TPSA) is 124 Å². The molecule has 0 radical (unpaired) electrons. The predicted molar refractivity (Wildman–Crippen MR) is 46.0 cm³/mol. The average molecular weight is 199 g/mol. The van der Waals surface area contributed by atoms with Crippen molar-refractivity contribution in [3.8, 4) is 17.2 Å². The van der Waals surface area contributed by atoms with Crippen molar-refractivity contribution in [2.24, 2.45) is 5.73 Å². The molecule has 6 heteroatoms. The molecule has 0 unspecified atom stereocenters. The number of phenols is 3. The van der Waals surface area contributed by atoms with E-state index in [1.165, 1.54) is 0 Å². The maximum Gasteiger partial charge on any atom is 0.325 e. The molecule has 0 fully saturated rings. The molecule has 1 aromatic carbocycles. The molecule has 6 nitrogen and oxygen atoms in total. The zero-order valence-corrected chi connectivity index (χ0v) is 7.01. The number of hydrogen-bond acceptors (Lipinski definition) is 5. The first-order valence-electron chi connectivity index (χ1n) is 3.66. The molecular formula is C8H9NO5. The molecule has 1 aromatic rings. The lowest BCUT2D eigenvalue weighted by molar-refractivity contribution is -0.138. The summed E-state index contributed by atoms with van der Waals surface area (Å²) in [6, 6.07) is 0.606. The third-order valence-electron chi connectivity index (χ3n) is 1.72. The smallest absolute Gasteiger partial charge is 0.325 e. The van der Waals surface area contributed by atoms with Gasteiger partial charge in [-0.25, -0.2) is 0 Å². The first-order valence-corrected chi connectivity index (χ1v) is 3.66. The normalized spacial score (nSPS) is 12.4. The van der Waals surface area contributed by atoms with Gasteiger partial charge in [0.05, 0.1) is 0 Å². The number of aliphatic carboxylic acids is 1. The van der Waals surface area contributed by atoms with Gasteiger partial charge in [-0.2, -0.15) is 0 Å². The van der Waals surface area contributed by atoms with Crippen LogP contribution in [0.25, 0.3) is 0 Å². The monoisotopic (exact) mass is 199 g/mol. The van der Waals surface area contributed by atoms with Gasteiger partial charge in [-0.15, -0.1) is 0 Å². The zero-order valence-electron chi connectivity index (χ0n) is 7.01. The van der Waals surface area contributed by atoms with E-state index in [1.54, 1.807) is 0 Å². The van der Waals surface area contributed by atoms with Crippen LogP contribution in [-0.4, -0.2) is 26.4 Å². The molecule has 14 heavy (non-hydrogen) atoms. The van der Waals surface area contributed by atoms with E-state index >= 15 is 0 Å². The molecule has 0 aliphatic heterocycles.